The van der Waals surface area contributed by atoms with Crippen molar-refractivity contribution >= 4 is 39.1 Å². The van der Waals surface area contributed by atoms with Crippen LogP contribution in [0.1, 0.15) is 54.6 Å². The van der Waals surface area contributed by atoms with Crippen LogP contribution < -0.4 is 10.2 Å². The van der Waals surface area contributed by atoms with Crippen molar-refractivity contribution in [1.82, 2.24) is 5.32 Å². The minimum atomic E-state index is -3.82. The first-order valence-electron chi connectivity index (χ1n) is 9.67. The predicted octanol–water partition coefficient (Wildman–Crippen LogP) is 4.31. The van der Waals surface area contributed by atoms with Crippen molar-refractivity contribution < 1.29 is 13.2 Å². The van der Waals surface area contributed by atoms with Gasteiger partial charge in [-0.15, -0.1) is 4.40 Å². The van der Waals surface area contributed by atoms with E-state index in [-0.39, 0.29) is 16.8 Å². The van der Waals surface area contributed by atoms with E-state index in [4.69, 9.17) is 11.6 Å². The molecule has 0 aliphatic carbocycles. The Morgan fingerprint density at radius 3 is 2.66 bits per heavy atom. The number of amidine groups is 1. The second-order valence-corrected chi connectivity index (χ2v) is 9.38. The fraction of sp³-hybridized carbons (Fsp3) is 0.333. The normalized spacial score (nSPS) is 18.7. The molecule has 2 aliphatic heterocycles. The number of fused-ring (bicyclic) bond motifs is 3. The molecule has 2 heterocycles. The Hall–Kier alpha value is -2.38. The number of amides is 1. The molecule has 152 valence electrons. The number of nitrogens with one attached hydrogen (secondary N) is 1. The van der Waals surface area contributed by atoms with E-state index in [0.29, 0.717) is 28.5 Å². The van der Waals surface area contributed by atoms with Crippen molar-refractivity contribution in [2.24, 2.45) is 4.40 Å². The Balaban J connectivity index is 1.61. The lowest BCUT2D eigenvalue weighted by atomic mass is 10.1. The van der Waals surface area contributed by atoms with Gasteiger partial charge in [-0.2, -0.15) is 8.42 Å². The standard InChI is InChI=1S/C21H22ClN3O3S/c1-14(15-6-9-17(22)10-7-15)23-21(26)16-8-11-18-19(13-16)29(27,28)24-20-5-3-2-4-12-25(18)20/h6-11,13-14H,2-5,12H2,1H3,(H,23,26)/t14-/m1/s1. The van der Waals surface area contributed by atoms with Gasteiger partial charge in [0.25, 0.3) is 15.9 Å². The lowest BCUT2D eigenvalue weighted by Gasteiger charge is -2.29. The Morgan fingerprint density at radius 2 is 1.90 bits per heavy atom. The number of hydrogen-bond acceptors (Lipinski definition) is 4. The van der Waals surface area contributed by atoms with Crippen LogP contribution in [-0.4, -0.2) is 26.7 Å². The van der Waals surface area contributed by atoms with Crippen LogP contribution in [0.15, 0.2) is 51.8 Å². The van der Waals surface area contributed by atoms with Crippen molar-refractivity contribution in [1.29, 1.82) is 0 Å². The molecule has 2 aromatic rings. The summed E-state index contributed by atoms with van der Waals surface area (Å²) >= 11 is 5.91. The summed E-state index contributed by atoms with van der Waals surface area (Å²) in [6.07, 6.45) is 3.62. The Bertz CT molecular complexity index is 1080. The summed E-state index contributed by atoms with van der Waals surface area (Å²) in [5.41, 5.74) is 1.81. The fourth-order valence-electron chi connectivity index (χ4n) is 3.74. The number of benzene rings is 2. The van der Waals surface area contributed by atoms with E-state index in [2.05, 4.69) is 9.71 Å². The van der Waals surface area contributed by atoms with E-state index in [0.717, 1.165) is 31.4 Å². The average molecular weight is 432 g/mol. The van der Waals surface area contributed by atoms with Gasteiger partial charge in [-0.05, 0) is 55.7 Å². The average Bonchev–Trinajstić information content (AvgIpc) is 2.93. The summed E-state index contributed by atoms with van der Waals surface area (Å²) in [6.45, 7) is 2.60. The van der Waals surface area contributed by atoms with E-state index in [9.17, 15) is 13.2 Å². The van der Waals surface area contributed by atoms with Crippen LogP contribution in [0.2, 0.25) is 5.02 Å². The topological polar surface area (TPSA) is 78.8 Å². The van der Waals surface area contributed by atoms with Gasteiger partial charge in [0.15, 0.2) is 0 Å². The molecule has 6 nitrogen and oxygen atoms in total. The Morgan fingerprint density at radius 1 is 1.14 bits per heavy atom. The summed E-state index contributed by atoms with van der Waals surface area (Å²) < 4.78 is 29.5. The van der Waals surface area contributed by atoms with Crippen molar-refractivity contribution in [3.05, 3.63) is 58.6 Å². The third-order valence-corrected chi connectivity index (χ3v) is 6.91. The molecule has 29 heavy (non-hydrogen) atoms. The second-order valence-electron chi connectivity index (χ2n) is 7.37. The molecule has 0 saturated carbocycles. The number of nitrogens with zero attached hydrogens (tertiary/aromatic N) is 2. The zero-order valence-corrected chi connectivity index (χ0v) is 17.6. The molecule has 2 aromatic carbocycles. The summed E-state index contributed by atoms with van der Waals surface area (Å²) in [6, 6.07) is 11.8. The molecule has 2 aliphatic rings. The van der Waals surface area contributed by atoms with Gasteiger partial charge in [0.05, 0.1) is 11.7 Å². The van der Waals surface area contributed by atoms with Crippen LogP contribution >= 0.6 is 11.6 Å². The van der Waals surface area contributed by atoms with Crippen LogP contribution in [0, 0.1) is 0 Å². The molecule has 4 rings (SSSR count). The molecular formula is C21H22ClN3O3S. The van der Waals surface area contributed by atoms with E-state index in [1.807, 2.05) is 24.0 Å². The predicted molar refractivity (Wildman–Crippen MR) is 114 cm³/mol. The molecule has 0 radical (unpaired) electrons. The number of rotatable bonds is 3. The lowest BCUT2D eigenvalue weighted by molar-refractivity contribution is 0.0939. The Kier molecular flexibility index (Phi) is 5.36. The Labute approximate surface area is 175 Å². The maximum atomic E-state index is 12.7. The molecule has 0 bridgehead atoms. The van der Waals surface area contributed by atoms with Gasteiger partial charge in [0, 0.05) is 23.6 Å². The number of carbonyl (C=O) groups excluding carboxylic acids is 1. The van der Waals surface area contributed by atoms with Gasteiger partial charge < -0.3 is 10.2 Å². The van der Waals surface area contributed by atoms with Crippen LogP contribution in [0.5, 0.6) is 0 Å². The largest absolute Gasteiger partial charge is 0.346 e. The molecule has 1 saturated heterocycles. The molecule has 0 spiro atoms. The number of halogens is 1. The highest BCUT2D eigenvalue weighted by Crippen LogP contribution is 2.35. The maximum absolute atomic E-state index is 12.7. The molecule has 1 N–H and O–H groups in total. The first-order valence-corrected chi connectivity index (χ1v) is 11.5. The number of anilines is 1. The third kappa shape index (κ3) is 4.02. The number of carbonyl (C=O) groups is 1. The van der Waals surface area contributed by atoms with Gasteiger partial charge in [0.2, 0.25) is 0 Å². The van der Waals surface area contributed by atoms with Crippen LogP contribution in [-0.2, 0) is 10.0 Å². The van der Waals surface area contributed by atoms with Gasteiger partial charge >= 0.3 is 0 Å². The monoisotopic (exact) mass is 431 g/mol. The van der Waals surface area contributed by atoms with Crippen molar-refractivity contribution in [3.8, 4) is 0 Å². The SMILES string of the molecule is C[C@@H](NC(=O)c1ccc2c(c1)S(=O)(=O)N=C1CCCCCN12)c1ccc(Cl)cc1. The highest BCUT2D eigenvalue weighted by atomic mass is 35.5. The molecule has 1 fully saturated rings. The van der Waals surface area contributed by atoms with Crippen molar-refractivity contribution in [2.45, 2.75) is 43.5 Å². The summed E-state index contributed by atoms with van der Waals surface area (Å²) in [5.74, 6) is 0.264. The molecule has 8 heteroatoms. The minimum Gasteiger partial charge on any atom is -0.346 e. The van der Waals surface area contributed by atoms with Gasteiger partial charge in [-0.1, -0.05) is 30.2 Å². The van der Waals surface area contributed by atoms with Crippen LogP contribution in [0.3, 0.4) is 0 Å². The maximum Gasteiger partial charge on any atom is 0.286 e. The van der Waals surface area contributed by atoms with E-state index in [1.165, 1.54) is 6.07 Å². The number of sulfonamides is 1. The van der Waals surface area contributed by atoms with E-state index < -0.39 is 10.0 Å². The van der Waals surface area contributed by atoms with Gasteiger partial charge in [0.1, 0.15) is 10.7 Å². The molecule has 1 atom stereocenters. The second kappa shape index (κ2) is 7.80. The van der Waals surface area contributed by atoms with E-state index >= 15 is 0 Å². The molecular weight excluding hydrogens is 410 g/mol. The zero-order valence-electron chi connectivity index (χ0n) is 16.1. The van der Waals surface area contributed by atoms with Crippen molar-refractivity contribution in [3.63, 3.8) is 0 Å². The zero-order chi connectivity index (χ0) is 20.6. The van der Waals surface area contributed by atoms with Crippen LogP contribution in [0.25, 0.3) is 0 Å². The third-order valence-electron chi connectivity index (χ3n) is 5.33. The fourth-order valence-corrected chi connectivity index (χ4v) is 5.15. The highest BCUT2D eigenvalue weighted by Gasteiger charge is 2.32. The van der Waals surface area contributed by atoms with Crippen molar-refractivity contribution in [2.75, 3.05) is 11.4 Å². The first kappa shape index (κ1) is 19.9. The van der Waals surface area contributed by atoms with Gasteiger partial charge in [-0.3, -0.25) is 4.79 Å². The highest BCUT2D eigenvalue weighted by molar-refractivity contribution is 7.90. The summed E-state index contributed by atoms with van der Waals surface area (Å²) in [7, 11) is -3.82. The molecule has 1 amide bonds. The number of hydrogen-bond donors (Lipinski definition) is 1. The smallest absolute Gasteiger partial charge is 0.286 e. The van der Waals surface area contributed by atoms with Gasteiger partial charge in [-0.25, -0.2) is 0 Å². The lowest BCUT2D eigenvalue weighted by Crippen LogP contribution is -2.35. The molecule has 0 unspecified atom stereocenters. The van der Waals surface area contributed by atoms with E-state index in [1.54, 1.807) is 24.3 Å². The van der Waals surface area contributed by atoms with Crippen LogP contribution in [0.4, 0.5) is 5.69 Å². The quantitative estimate of drug-likeness (QED) is 0.785. The minimum absolute atomic E-state index is 0.0925. The molecule has 0 aromatic heterocycles. The summed E-state index contributed by atoms with van der Waals surface area (Å²) in [4.78, 5) is 14.8. The first-order chi connectivity index (χ1) is 13.8. The summed E-state index contributed by atoms with van der Waals surface area (Å²) in [5, 5.41) is 3.53.